The van der Waals surface area contributed by atoms with E-state index >= 15 is 0 Å². The van der Waals surface area contributed by atoms with E-state index in [1.54, 1.807) is 0 Å². The fourth-order valence-electron chi connectivity index (χ4n) is 6.29. The van der Waals surface area contributed by atoms with Gasteiger partial charge in [-0.15, -0.1) is 0 Å². The molecule has 0 unspecified atom stereocenters. The van der Waals surface area contributed by atoms with Crippen LogP contribution in [0.3, 0.4) is 0 Å². The van der Waals surface area contributed by atoms with Crippen LogP contribution in [0, 0.1) is 0 Å². The number of benzene rings is 5. The molecule has 1 nitrogen and oxygen atoms in total. The second kappa shape index (κ2) is 7.76. The first-order valence-electron chi connectivity index (χ1n) is 12.4. The van der Waals surface area contributed by atoms with E-state index in [2.05, 4.69) is 110 Å². The molecule has 7 rings (SSSR count). The van der Waals surface area contributed by atoms with Crippen LogP contribution in [-0.4, -0.2) is 5.71 Å². The first-order chi connectivity index (χ1) is 17.7. The van der Waals surface area contributed by atoms with Crippen molar-refractivity contribution in [2.75, 3.05) is 0 Å². The number of aliphatic imine (C=N–C) groups is 1. The number of rotatable bonds is 3. The third kappa shape index (κ3) is 2.74. The molecule has 170 valence electrons. The van der Waals surface area contributed by atoms with Crippen LogP contribution >= 0.6 is 0 Å². The van der Waals surface area contributed by atoms with Crippen molar-refractivity contribution in [1.29, 1.82) is 0 Å². The van der Waals surface area contributed by atoms with Gasteiger partial charge in [0.15, 0.2) is 0 Å². The van der Waals surface area contributed by atoms with Gasteiger partial charge in [0, 0.05) is 11.3 Å². The van der Waals surface area contributed by atoms with E-state index in [1.165, 1.54) is 44.5 Å². The molecule has 0 saturated heterocycles. The second-order valence-electron chi connectivity index (χ2n) is 9.66. The minimum atomic E-state index is -0.303. The smallest absolute Gasteiger partial charge is 0.0725 e. The van der Waals surface area contributed by atoms with Crippen molar-refractivity contribution < 1.29 is 0 Å². The molecule has 1 heteroatoms. The number of hydrogen-bond donors (Lipinski definition) is 0. The largest absolute Gasteiger partial charge is 0.253 e. The van der Waals surface area contributed by atoms with Gasteiger partial charge in [0.25, 0.3) is 0 Å². The minimum Gasteiger partial charge on any atom is -0.253 e. The molecule has 5 aromatic carbocycles. The van der Waals surface area contributed by atoms with E-state index < -0.39 is 0 Å². The molecule has 0 radical (unpaired) electrons. The molecule has 0 heterocycles. The van der Waals surface area contributed by atoms with Crippen molar-refractivity contribution in [1.82, 2.24) is 0 Å². The molecule has 0 atom stereocenters. The zero-order chi connectivity index (χ0) is 24.3. The lowest BCUT2D eigenvalue weighted by Gasteiger charge is -2.30. The van der Waals surface area contributed by atoms with Crippen molar-refractivity contribution in [2.24, 2.45) is 4.99 Å². The van der Waals surface area contributed by atoms with Crippen molar-refractivity contribution in [3.05, 3.63) is 161 Å². The first kappa shape index (κ1) is 20.8. The van der Waals surface area contributed by atoms with E-state index in [4.69, 9.17) is 4.99 Å². The van der Waals surface area contributed by atoms with E-state index in [9.17, 15) is 0 Å². The summed E-state index contributed by atoms with van der Waals surface area (Å²) in [5.74, 6) is 0. The van der Waals surface area contributed by atoms with Crippen LogP contribution in [0.5, 0.6) is 0 Å². The number of fused-ring (bicyclic) bond motifs is 10. The van der Waals surface area contributed by atoms with Gasteiger partial charge in [0.05, 0.1) is 11.1 Å². The molecular weight excluding hydrogens is 434 g/mol. The molecule has 1 spiro atoms. The average Bonchev–Trinajstić information content (AvgIpc) is 3.40. The Kier molecular flexibility index (Phi) is 4.49. The maximum atomic E-state index is 4.88. The van der Waals surface area contributed by atoms with Gasteiger partial charge in [-0.1, -0.05) is 122 Å². The van der Waals surface area contributed by atoms with Crippen LogP contribution < -0.4 is 0 Å². The van der Waals surface area contributed by atoms with Gasteiger partial charge in [0.1, 0.15) is 0 Å². The molecule has 2 aliphatic carbocycles. The lowest BCUT2D eigenvalue weighted by atomic mass is 9.70. The maximum Gasteiger partial charge on any atom is 0.0725 e. The summed E-state index contributed by atoms with van der Waals surface area (Å²) in [4.78, 5) is 4.88. The zero-order valence-corrected chi connectivity index (χ0v) is 20.2. The lowest BCUT2D eigenvalue weighted by molar-refractivity contribution is 0.793. The Bertz CT molecular complexity index is 1660. The SMILES string of the molecule is C=C(/N=C(\C)c1ccccc1)c1ccc2c(c1)-c1ccccc1C21c2ccccc2-c2ccccc21. The molecule has 0 fully saturated rings. The monoisotopic (exact) mass is 459 g/mol. The summed E-state index contributed by atoms with van der Waals surface area (Å²) < 4.78 is 0. The Hall–Kier alpha value is -4.49. The minimum absolute atomic E-state index is 0.303. The highest BCUT2D eigenvalue weighted by Crippen LogP contribution is 2.62. The van der Waals surface area contributed by atoms with Gasteiger partial charge >= 0.3 is 0 Å². The van der Waals surface area contributed by atoms with Crippen molar-refractivity contribution in [3.8, 4) is 22.3 Å². The summed E-state index contributed by atoms with van der Waals surface area (Å²) >= 11 is 0. The summed E-state index contributed by atoms with van der Waals surface area (Å²) in [5, 5.41) is 0. The highest BCUT2D eigenvalue weighted by molar-refractivity contribution is 6.02. The second-order valence-corrected chi connectivity index (χ2v) is 9.66. The summed E-state index contributed by atoms with van der Waals surface area (Å²) in [6.07, 6.45) is 0. The first-order valence-corrected chi connectivity index (χ1v) is 12.4. The molecular formula is C35H25N. The quantitative estimate of drug-likeness (QED) is 0.235. The van der Waals surface area contributed by atoms with Crippen molar-refractivity contribution in [2.45, 2.75) is 12.3 Å². The third-order valence-corrected chi connectivity index (χ3v) is 7.82. The third-order valence-electron chi connectivity index (χ3n) is 7.82. The fourth-order valence-corrected chi connectivity index (χ4v) is 6.29. The van der Waals surface area contributed by atoms with Crippen molar-refractivity contribution >= 4 is 11.4 Å². The molecule has 5 aromatic rings. The molecule has 0 N–H and O–H groups in total. The Morgan fingerprint density at radius 3 is 1.58 bits per heavy atom. The van der Waals surface area contributed by atoms with E-state index in [-0.39, 0.29) is 5.41 Å². The summed E-state index contributed by atoms with van der Waals surface area (Å²) in [6.45, 7) is 6.39. The van der Waals surface area contributed by atoms with Gasteiger partial charge < -0.3 is 0 Å². The average molecular weight is 460 g/mol. The van der Waals surface area contributed by atoms with Crippen LogP contribution in [-0.2, 0) is 5.41 Å². The Balaban J connectivity index is 1.45. The maximum absolute atomic E-state index is 4.88. The fraction of sp³-hybridized carbons (Fsp3) is 0.0571. The molecule has 0 aliphatic heterocycles. The van der Waals surface area contributed by atoms with Crippen LogP contribution in [0.1, 0.15) is 40.3 Å². The number of hydrogen-bond acceptors (Lipinski definition) is 1. The van der Waals surface area contributed by atoms with E-state index in [1.807, 2.05) is 25.1 Å². The van der Waals surface area contributed by atoms with Gasteiger partial charge in [-0.05, 0) is 63.1 Å². The predicted molar refractivity (Wildman–Crippen MR) is 150 cm³/mol. The van der Waals surface area contributed by atoms with E-state index in [0.717, 1.165) is 22.5 Å². The summed E-state index contributed by atoms with van der Waals surface area (Å²) in [7, 11) is 0. The number of nitrogens with zero attached hydrogens (tertiary/aromatic N) is 1. The Labute approximate surface area is 212 Å². The summed E-state index contributed by atoms with van der Waals surface area (Å²) in [6, 6.07) is 43.7. The highest BCUT2D eigenvalue weighted by Gasteiger charge is 2.51. The van der Waals surface area contributed by atoms with Gasteiger partial charge in [-0.2, -0.15) is 0 Å². The Morgan fingerprint density at radius 1 is 0.528 bits per heavy atom. The molecule has 2 aliphatic rings. The normalized spacial score (nSPS) is 14.2. The lowest BCUT2D eigenvalue weighted by Crippen LogP contribution is -2.25. The molecule has 0 saturated carbocycles. The Morgan fingerprint density at radius 2 is 1.00 bits per heavy atom. The molecule has 0 bridgehead atoms. The van der Waals surface area contributed by atoms with Crippen LogP contribution in [0.2, 0.25) is 0 Å². The highest BCUT2D eigenvalue weighted by atomic mass is 14.8. The van der Waals surface area contributed by atoms with Crippen LogP contribution in [0.4, 0.5) is 0 Å². The zero-order valence-electron chi connectivity index (χ0n) is 20.2. The van der Waals surface area contributed by atoms with Gasteiger partial charge in [-0.25, -0.2) is 0 Å². The standard InChI is InChI=1S/C35H25N/c1-23(25-12-4-3-5-13-25)36-24(2)26-20-21-34-30(22-26)29-16-8-11-19-33(29)35(34)31-17-9-6-14-27(31)28-15-7-10-18-32(28)35/h3-22H,2H2,1H3/b36-23+. The van der Waals surface area contributed by atoms with Crippen molar-refractivity contribution in [3.63, 3.8) is 0 Å². The van der Waals surface area contributed by atoms with Gasteiger partial charge in [0.2, 0.25) is 0 Å². The molecule has 0 amide bonds. The topological polar surface area (TPSA) is 12.4 Å². The van der Waals surface area contributed by atoms with E-state index in [0.29, 0.717) is 0 Å². The molecule has 36 heavy (non-hydrogen) atoms. The summed E-state index contributed by atoms with van der Waals surface area (Å²) in [5.41, 5.74) is 14.2. The predicted octanol–water partition coefficient (Wildman–Crippen LogP) is 8.51. The van der Waals surface area contributed by atoms with Crippen LogP contribution in [0.25, 0.3) is 28.0 Å². The van der Waals surface area contributed by atoms with Crippen LogP contribution in [0.15, 0.2) is 133 Å². The van der Waals surface area contributed by atoms with Gasteiger partial charge in [-0.3, -0.25) is 4.99 Å². The molecule has 0 aromatic heterocycles.